The summed E-state index contributed by atoms with van der Waals surface area (Å²) in [5.41, 5.74) is 1.45. The van der Waals surface area contributed by atoms with Crippen molar-refractivity contribution in [3.05, 3.63) is 35.9 Å². The number of nitrogens with one attached hydrogen (secondary N) is 1. The molecule has 1 aliphatic heterocycles. The zero-order valence-corrected chi connectivity index (χ0v) is 14.5. The SMILES string of the molecule is CCN=C(NC1CC1)N1CCN(C(CC)c2ccccc2)CC1. The molecule has 1 saturated heterocycles. The molecule has 1 unspecified atom stereocenters. The lowest BCUT2D eigenvalue weighted by atomic mass is 10.0. The molecule has 0 amide bonds. The van der Waals surface area contributed by atoms with Crippen molar-refractivity contribution in [2.75, 3.05) is 32.7 Å². The van der Waals surface area contributed by atoms with E-state index in [-0.39, 0.29) is 0 Å². The zero-order chi connectivity index (χ0) is 16.1. The first-order valence-corrected chi connectivity index (χ1v) is 9.16. The van der Waals surface area contributed by atoms with Gasteiger partial charge in [-0.3, -0.25) is 9.89 Å². The number of guanidine groups is 1. The van der Waals surface area contributed by atoms with Crippen molar-refractivity contribution in [3.63, 3.8) is 0 Å². The molecule has 0 spiro atoms. The summed E-state index contributed by atoms with van der Waals surface area (Å²) in [6.07, 6.45) is 3.77. The Balaban J connectivity index is 1.59. The van der Waals surface area contributed by atoms with E-state index in [0.717, 1.165) is 38.7 Å². The van der Waals surface area contributed by atoms with Gasteiger partial charge in [0.1, 0.15) is 0 Å². The van der Waals surface area contributed by atoms with Crippen LogP contribution in [0, 0.1) is 0 Å². The zero-order valence-electron chi connectivity index (χ0n) is 14.5. The molecule has 1 aromatic carbocycles. The van der Waals surface area contributed by atoms with Crippen molar-refractivity contribution in [1.82, 2.24) is 15.1 Å². The predicted molar refractivity (Wildman–Crippen MR) is 96.8 cm³/mol. The quantitative estimate of drug-likeness (QED) is 0.670. The number of piperazine rings is 1. The summed E-state index contributed by atoms with van der Waals surface area (Å²) < 4.78 is 0. The van der Waals surface area contributed by atoms with Crippen LogP contribution in [0.2, 0.25) is 0 Å². The molecule has 1 heterocycles. The Morgan fingerprint density at radius 3 is 2.39 bits per heavy atom. The lowest BCUT2D eigenvalue weighted by Gasteiger charge is -2.40. The fourth-order valence-corrected chi connectivity index (χ4v) is 3.42. The van der Waals surface area contributed by atoms with E-state index in [1.807, 2.05) is 0 Å². The van der Waals surface area contributed by atoms with E-state index < -0.39 is 0 Å². The highest BCUT2D eigenvalue weighted by molar-refractivity contribution is 5.80. The molecule has 126 valence electrons. The first-order valence-electron chi connectivity index (χ1n) is 9.16. The van der Waals surface area contributed by atoms with Gasteiger partial charge in [-0.25, -0.2) is 0 Å². The van der Waals surface area contributed by atoms with Crippen LogP contribution in [0.1, 0.15) is 44.7 Å². The summed E-state index contributed by atoms with van der Waals surface area (Å²) in [7, 11) is 0. The Morgan fingerprint density at radius 2 is 1.83 bits per heavy atom. The third kappa shape index (κ3) is 4.25. The average molecular weight is 314 g/mol. The van der Waals surface area contributed by atoms with E-state index >= 15 is 0 Å². The summed E-state index contributed by atoms with van der Waals surface area (Å²) >= 11 is 0. The van der Waals surface area contributed by atoms with Crippen molar-refractivity contribution in [3.8, 4) is 0 Å². The number of hydrogen-bond donors (Lipinski definition) is 1. The summed E-state index contributed by atoms with van der Waals surface area (Å²) in [5, 5.41) is 3.61. The minimum Gasteiger partial charge on any atom is -0.354 e. The predicted octanol–water partition coefficient (Wildman–Crippen LogP) is 2.88. The normalized spacial score (nSPS) is 21.3. The number of aliphatic imine (C=N–C) groups is 1. The fraction of sp³-hybridized carbons (Fsp3) is 0.632. The van der Waals surface area contributed by atoms with Crippen LogP contribution >= 0.6 is 0 Å². The minimum absolute atomic E-state index is 0.543. The standard InChI is InChI=1S/C19H30N4/c1-3-18(16-8-6-5-7-9-16)22-12-14-23(15-13-22)19(20-4-2)21-17-10-11-17/h5-9,17-18H,3-4,10-15H2,1-2H3,(H,20,21). The highest BCUT2D eigenvalue weighted by Gasteiger charge is 2.28. The third-order valence-electron chi connectivity index (χ3n) is 4.84. The second-order valence-corrected chi connectivity index (χ2v) is 6.57. The van der Waals surface area contributed by atoms with Crippen LogP contribution < -0.4 is 5.32 Å². The van der Waals surface area contributed by atoms with Gasteiger partial charge in [0.25, 0.3) is 0 Å². The molecule has 0 bridgehead atoms. The van der Waals surface area contributed by atoms with Gasteiger partial charge in [-0.15, -0.1) is 0 Å². The van der Waals surface area contributed by atoms with Gasteiger partial charge in [0, 0.05) is 44.8 Å². The first kappa shape index (κ1) is 16.3. The third-order valence-corrected chi connectivity index (χ3v) is 4.84. The number of nitrogens with zero attached hydrogens (tertiary/aromatic N) is 3. The molecule has 2 fully saturated rings. The molecule has 1 aromatic rings. The van der Waals surface area contributed by atoms with Crippen molar-refractivity contribution >= 4 is 5.96 Å². The maximum atomic E-state index is 4.69. The highest BCUT2D eigenvalue weighted by atomic mass is 15.4. The number of rotatable bonds is 5. The Morgan fingerprint density at radius 1 is 1.13 bits per heavy atom. The smallest absolute Gasteiger partial charge is 0.194 e. The molecular formula is C19H30N4. The highest BCUT2D eigenvalue weighted by Crippen LogP contribution is 2.25. The summed E-state index contributed by atoms with van der Waals surface area (Å²) in [6.45, 7) is 9.64. The molecular weight excluding hydrogens is 284 g/mol. The van der Waals surface area contributed by atoms with Crippen LogP contribution in [0.15, 0.2) is 35.3 Å². The van der Waals surface area contributed by atoms with Gasteiger partial charge in [-0.2, -0.15) is 0 Å². The van der Waals surface area contributed by atoms with Gasteiger partial charge >= 0.3 is 0 Å². The lowest BCUT2D eigenvalue weighted by molar-refractivity contribution is 0.127. The molecule has 3 rings (SSSR count). The Kier molecular flexibility index (Phi) is 5.55. The van der Waals surface area contributed by atoms with Crippen LogP contribution in [0.25, 0.3) is 0 Å². The molecule has 4 nitrogen and oxygen atoms in total. The Labute approximate surface area is 140 Å². The van der Waals surface area contributed by atoms with Crippen LogP contribution in [0.3, 0.4) is 0 Å². The molecule has 4 heteroatoms. The van der Waals surface area contributed by atoms with Crippen molar-refractivity contribution in [1.29, 1.82) is 0 Å². The van der Waals surface area contributed by atoms with Crippen molar-refractivity contribution < 1.29 is 0 Å². The molecule has 1 aliphatic carbocycles. The molecule has 2 aliphatic rings. The average Bonchev–Trinajstić information content (AvgIpc) is 3.41. The van der Waals surface area contributed by atoms with E-state index in [0.29, 0.717) is 12.1 Å². The van der Waals surface area contributed by atoms with Crippen molar-refractivity contribution in [2.45, 2.75) is 45.2 Å². The molecule has 1 N–H and O–H groups in total. The fourth-order valence-electron chi connectivity index (χ4n) is 3.42. The Bertz CT molecular complexity index is 501. The summed E-state index contributed by atoms with van der Waals surface area (Å²) in [6, 6.07) is 12.1. The van der Waals surface area contributed by atoms with Gasteiger partial charge in [0.05, 0.1) is 0 Å². The van der Waals surface area contributed by atoms with E-state index in [1.165, 1.54) is 24.8 Å². The molecule has 23 heavy (non-hydrogen) atoms. The van der Waals surface area contributed by atoms with Gasteiger partial charge in [-0.1, -0.05) is 37.3 Å². The van der Waals surface area contributed by atoms with Gasteiger partial charge in [-0.05, 0) is 31.7 Å². The molecule has 1 atom stereocenters. The second kappa shape index (κ2) is 7.82. The largest absolute Gasteiger partial charge is 0.354 e. The van der Waals surface area contributed by atoms with Gasteiger partial charge in [0.15, 0.2) is 5.96 Å². The topological polar surface area (TPSA) is 30.9 Å². The van der Waals surface area contributed by atoms with Crippen LogP contribution in [-0.2, 0) is 0 Å². The lowest BCUT2D eigenvalue weighted by Crippen LogP contribution is -2.53. The van der Waals surface area contributed by atoms with Crippen LogP contribution in [0.5, 0.6) is 0 Å². The van der Waals surface area contributed by atoms with E-state index in [2.05, 4.69) is 64.3 Å². The molecule has 0 radical (unpaired) electrons. The summed E-state index contributed by atoms with van der Waals surface area (Å²) in [5.74, 6) is 1.13. The molecule has 1 saturated carbocycles. The maximum Gasteiger partial charge on any atom is 0.194 e. The van der Waals surface area contributed by atoms with E-state index in [4.69, 9.17) is 0 Å². The minimum atomic E-state index is 0.543. The van der Waals surface area contributed by atoms with Gasteiger partial charge in [0.2, 0.25) is 0 Å². The molecule has 0 aromatic heterocycles. The summed E-state index contributed by atoms with van der Waals surface area (Å²) in [4.78, 5) is 9.76. The van der Waals surface area contributed by atoms with Crippen LogP contribution in [-0.4, -0.2) is 54.5 Å². The Hall–Kier alpha value is -1.55. The second-order valence-electron chi connectivity index (χ2n) is 6.57. The first-order chi connectivity index (χ1) is 11.3. The van der Waals surface area contributed by atoms with Crippen LogP contribution in [0.4, 0.5) is 0 Å². The van der Waals surface area contributed by atoms with E-state index in [1.54, 1.807) is 0 Å². The van der Waals surface area contributed by atoms with Gasteiger partial charge < -0.3 is 10.2 Å². The van der Waals surface area contributed by atoms with Crippen molar-refractivity contribution in [2.24, 2.45) is 4.99 Å². The maximum absolute atomic E-state index is 4.69. The number of benzene rings is 1. The van der Waals surface area contributed by atoms with E-state index in [9.17, 15) is 0 Å². The number of hydrogen-bond acceptors (Lipinski definition) is 2. The monoisotopic (exact) mass is 314 g/mol.